The van der Waals surface area contributed by atoms with Crippen molar-refractivity contribution < 1.29 is 9.90 Å². The molecule has 5 heteroatoms. The molecular formula is C17H17N3O2. The Morgan fingerprint density at radius 1 is 1.23 bits per heavy atom. The van der Waals surface area contributed by atoms with E-state index in [0.717, 1.165) is 16.3 Å². The standard InChI is InChI=1S/C17H17N3O2/c1-18-17(22)14-6-4-11-7-13(5-3-12(11)8-14)16(21)15-9-20(2)10-19-15/h3-10,16,21H,1-2H3,(H,18,22). The second-order valence-corrected chi connectivity index (χ2v) is 5.27. The zero-order chi connectivity index (χ0) is 15.7. The molecule has 0 bridgehead atoms. The van der Waals surface area contributed by atoms with Crippen LogP contribution in [-0.2, 0) is 7.05 Å². The Balaban J connectivity index is 1.98. The average Bonchev–Trinajstić information content (AvgIpc) is 2.98. The molecule has 1 amide bonds. The zero-order valence-electron chi connectivity index (χ0n) is 12.4. The monoisotopic (exact) mass is 295 g/mol. The minimum Gasteiger partial charge on any atom is -0.382 e. The number of hydrogen-bond donors (Lipinski definition) is 2. The summed E-state index contributed by atoms with van der Waals surface area (Å²) in [4.78, 5) is 15.8. The number of aliphatic hydroxyl groups excluding tert-OH is 1. The van der Waals surface area contributed by atoms with Crippen molar-refractivity contribution in [1.82, 2.24) is 14.9 Å². The first kappa shape index (κ1) is 14.3. The summed E-state index contributed by atoms with van der Waals surface area (Å²) in [5.41, 5.74) is 2.01. The van der Waals surface area contributed by atoms with Crippen molar-refractivity contribution >= 4 is 16.7 Å². The van der Waals surface area contributed by atoms with Crippen LogP contribution in [0.5, 0.6) is 0 Å². The molecule has 2 N–H and O–H groups in total. The van der Waals surface area contributed by atoms with Crippen LogP contribution in [0.3, 0.4) is 0 Å². The first-order valence-electron chi connectivity index (χ1n) is 7.00. The minimum absolute atomic E-state index is 0.112. The maximum Gasteiger partial charge on any atom is 0.251 e. The molecule has 5 nitrogen and oxygen atoms in total. The van der Waals surface area contributed by atoms with Crippen LogP contribution in [0.15, 0.2) is 48.9 Å². The topological polar surface area (TPSA) is 67.2 Å². The largest absolute Gasteiger partial charge is 0.382 e. The fourth-order valence-electron chi connectivity index (χ4n) is 2.46. The van der Waals surface area contributed by atoms with Gasteiger partial charge in [-0.2, -0.15) is 0 Å². The quantitative estimate of drug-likeness (QED) is 0.777. The van der Waals surface area contributed by atoms with Crippen LogP contribution in [0.1, 0.15) is 27.7 Å². The van der Waals surface area contributed by atoms with Gasteiger partial charge < -0.3 is 15.0 Å². The van der Waals surface area contributed by atoms with Crippen LogP contribution in [0, 0.1) is 0 Å². The van der Waals surface area contributed by atoms with Gasteiger partial charge in [-0.05, 0) is 34.5 Å². The van der Waals surface area contributed by atoms with Gasteiger partial charge in [0.25, 0.3) is 5.91 Å². The third kappa shape index (κ3) is 2.58. The Labute approximate surface area is 128 Å². The van der Waals surface area contributed by atoms with E-state index in [9.17, 15) is 9.90 Å². The molecule has 1 heterocycles. The zero-order valence-corrected chi connectivity index (χ0v) is 12.4. The average molecular weight is 295 g/mol. The van der Waals surface area contributed by atoms with Crippen molar-refractivity contribution in [3.63, 3.8) is 0 Å². The van der Waals surface area contributed by atoms with Gasteiger partial charge in [0.2, 0.25) is 0 Å². The molecule has 2 aromatic carbocycles. The van der Waals surface area contributed by atoms with E-state index in [-0.39, 0.29) is 5.91 Å². The lowest BCUT2D eigenvalue weighted by Gasteiger charge is -2.10. The van der Waals surface area contributed by atoms with E-state index >= 15 is 0 Å². The smallest absolute Gasteiger partial charge is 0.251 e. The van der Waals surface area contributed by atoms with Gasteiger partial charge in [-0.1, -0.05) is 18.2 Å². The van der Waals surface area contributed by atoms with Crippen molar-refractivity contribution in [3.8, 4) is 0 Å². The van der Waals surface area contributed by atoms with Gasteiger partial charge in [-0.25, -0.2) is 4.98 Å². The summed E-state index contributed by atoms with van der Waals surface area (Å²) in [7, 11) is 3.47. The molecule has 3 rings (SSSR count). The molecule has 0 aliphatic rings. The number of benzene rings is 2. The van der Waals surface area contributed by atoms with Crippen LogP contribution < -0.4 is 5.32 Å². The Morgan fingerprint density at radius 2 is 1.95 bits per heavy atom. The van der Waals surface area contributed by atoms with Gasteiger partial charge in [0.05, 0.1) is 12.0 Å². The Hall–Kier alpha value is -2.66. The number of fused-ring (bicyclic) bond motifs is 1. The third-order valence-corrected chi connectivity index (χ3v) is 3.67. The summed E-state index contributed by atoms with van der Waals surface area (Å²) in [6, 6.07) is 11.2. The summed E-state index contributed by atoms with van der Waals surface area (Å²) in [5.74, 6) is -0.112. The highest BCUT2D eigenvalue weighted by Crippen LogP contribution is 2.25. The molecule has 0 radical (unpaired) electrons. The van der Waals surface area contributed by atoms with Gasteiger partial charge in [-0.3, -0.25) is 4.79 Å². The number of amides is 1. The van der Waals surface area contributed by atoms with Crippen LogP contribution in [-0.4, -0.2) is 27.6 Å². The van der Waals surface area contributed by atoms with Gasteiger partial charge in [0.15, 0.2) is 0 Å². The van der Waals surface area contributed by atoms with E-state index in [2.05, 4.69) is 10.3 Å². The Bertz CT molecular complexity index is 839. The molecule has 0 aliphatic heterocycles. The molecule has 1 unspecified atom stereocenters. The lowest BCUT2D eigenvalue weighted by atomic mass is 10.0. The second kappa shape index (κ2) is 5.61. The van der Waals surface area contributed by atoms with Gasteiger partial charge in [0.1, 0.15) is 6.10 Å². The predicted molar refractivity (Wildman–Crippen MR) is 84.6 cm³/mol. The molecule has 1 atom stereocenters. The number of rotatable bonds is 3. The van der Waals surface area contributed by atoms with Crippen molar-refractivity contribution in [2.75, 3.05) is 7.05 Å². The van der Waals surface area contributed by atoms with Gasteiger partial charge in [0, 0.05) is 25.9 Å². The number of nitrogens with zero attached hydrogens (tertiary/aromatic N) is 2. The van der Waals surface area contributed by atoms with E-state index in [1.54, 1.807) is 30.2 Å². The Kier molecular flexibility index (Phi) is 3.65. The van der Waals surface area contributed by atoms with Gasteiger partial charge in [-0.15, -0.1) is 0 Å². The number of aromatic nitrogens is 2. The summed E-state index contributed by atoms with van der Waals surface area (Å²) < 4.78 is 1.80. The third-order valence-electron chi connectivity index (χ3n) is 3.67. The number of aliphatic hydroxyl groups is 1. The summed E-state index contributed by atoms with van der Waals surface area (Å²) in [6.45, 7) is 0. The lowest BCUT2D eigenvalue weighted by molar-refractivity contribution is 0.0963. The molecule has 0 spiro atoms. The van der Waals surface area contributed by atoms with Crippen molar-refractivity contribution in [2.24, 2.45) is 7.05 Å². The number of nitrogens with one attached hydrogen (secondary N) is 1. The molecule has 22 heavy (non-hydrogen) atoms. The highest BCUT2D eigenvalue weighted by molar-refractivity contribution is 5.98. The molecule has 1 aromatic heterocycles. The number of aryl methyl sites for hydroxylation is 1. The molecule has 0 fully saturated rings. The fourth-order valence-corrected chi connectivity index (χ4v) is 2.46. The van der Waals surface area contributed by atoms with Crippen LogP contribution in [0.25, 0.3) is 10.8 Å². The number of imidazole rings is 1. The number of carbonyl (C=O) groups excluding carboxylic acids is 1. The lowest BCUT2D eigenvalue weighted by Crippen LogP contribution is -2.17. The normalized spacial score (nSPS) is 12.3. The molecule has 0 saturated carbocycles. The highest BCUT2D eigenvalue weighted by atomic mass is 16.3. The minimum atomic E-state index is -0.760. The fraction of sp³-hybridized carbons (Fsp3) is 0.176. The van der Waals surface area contributed by atoms with E-state index in [0.29, 0.717) is 11.3 Å². The summed E-state index contributed by atoms with van der Waals surface area (Å²) in [5, 5.41) is 14.9. The highest BCUT2D eigenvalue weighted by Gasteiger charge is 2.14. The van der Waals surface area contributed by atoms with Gasteiger partial charge >= 0.3 is 0 Å². The first-order chi connectivity index (χ1) is 10.6. The maximum atomic E-state index is 11.7. The van der Waals surface area contributed by atoms with Crippen molar-refractivity contribution in [1.29, 1.82) is 0 Å². The molecule has 0 aliphatic carbocycles. The van der Waals surface area contributed by atoms with E-state index in [1.807, 2.05) is 37.4 Å². The molecule has 3 aromatic rings. The van der Waals surface area contributed by atoms with Crippen LogP contribution >= 0.6 is 0 Å². The second-order valence-electron chi connectivity index (χ2n) is 5.27. The predicted octanol–water partition coefficient (Wildman–Crippen LogP) is 2.01. The Morgan fingerprint density at radius 3 is 2.64 bits per heavy atom. The number of hydrogen-bond acceptors (Lipinski definition) is 3. The number of carbonyl (C=O) groups is 1. The van der Waals surface area contributed by atoms with E-state index in [1.165, 1.54) is 0 Å². The SMILES string of the molecule is CNC(=O)c1ccc2cc(C(O)c3cn(C)cn3)ccc2c1. The molecular weight excluding hydrogens is 278 g/mol. The summed E-state index contributed by atoms with van der Waals surface area (Å²) in [6.07, 6.45) is 2.70. The van der Waals surface area contributed by atoms with Crippen molar-refractivity contribution in [3.05, 3.63) is 65.7 Å². The summed E-state index contributed by atoms with van der Waals surface area (Å²) >= 11 is 0. The van der Waals surface area contributed by atoms with E-state index in [4.69, 9.17) is 0 Å². The molecule has 112 valence electrons. The van der Waals surface area contributed by atoms with E-state index < -0.39 is 6.10 Å². The maximum absolute atomic E-state index is 11.7. The first-order valence-corrected chi connectivity index (χ1v) is 7.00. The van der Waals surface area contributed by atoms with Crippen molar-refractivity contribution in [2.45, 2.75) is 6.10 Å². The van der Waals surface area contributed by atoms with Crippen LogP contribution in [0.4, 0.5) is 0 Å². The van der Waals surface area contributed by atoms with Crippen LogP contribution in [0.2, 0.25) is 0 Å². The molecule has 0 saturated heterocycles.